The molecule has 5 nitrogen and oxygen atoms in total. The van der Waals surface area contributed by atoms with Crippen LogP contribution in [-0.2, 0) is 0 Å². The van der Waals surface area contributed by atoms with E-state index in [1.807, 2.05) is 0 Å². The average molecular weight is 371 g/mol. The molecule has 0 bridgehead atoms. The van der Waals surface area contributed by atoms with Gasteiger partial charge in [0, 0.05) is 50.7 Å². The van der Waals surface area contributed by atoms with Gasteiger partial charge in [-0.3, -0.25) is 4.79 Å². The van der Waals surface area contributed by atoms with E-state index >= 15 is 0 Å². The van der Waals surface area contributed by atoms with E-state index in [-0.39, 0.29) is 17.4 Å². The fraction of sp³-hybridized carbons (Fsp3) is 0.476. The number of pyridine rings is 1. The van der Waals surface area contributed by atoms with Crippen molar-refractivity contribution in [1.29, 1.82) is 0 Å². The van der Waals surface area contributed by atoms with Crippen molar-refractivity contribution < 1.29 is 9.13 Å². The van der Waals surface area contributed by atoms with Crippen LogP contribution in [0.25, 0.3) is 10.8 Å². The molecule has 2 aliphatic heterocycles. The summed E-state index contributed by atoms with van der Waals surface area (Å²) >= 11 is 0. The first-order chi connectivity index (χ1) is 13.0. The average Bonchev–Trinajstić information content (AvgIpc) is 3.06. The summed E-state index contributed by atoms with van der Waals surface area (Å²) < 4.78 is 20.9. The van der Waals surface area contributed by atoms with Gasteiger partial charge in [0.2, 0.25) is 0 Å². The first-order valence-corrected chi connectivity index (χ1v) is 9.59. The SMILES string of the molecule is Cc1c[nH]c(=O)c2ccc(OC3CCN(CC4C=CN(C)C4)CC3)c(F)c12. The lowest BCUT2D eigenvalue weighted by atomic mass is 10.0. The van der Waals surface area contributed by atoms with Crippen molar-refractivity contribution in [3.63, 3.8) is 0 Å². The van der Waals surface area contributed by atoms with E-state index in [2.05, 4.69) is 34.1 Å². The van der Waals surface area contributed by atoms with Crippen LogP contribution in [0.1, 0.15) is 18.4 Å². The lowest BCUT2D eigenvalue weighted by Gasteiger charge is -2.33. The Balaban J connectivity index is 1.41. The number of aromatic amines is 1. The lowest BCUT2D eigenvalue weighted by Crippen LogP contribution is -2.41. The van der Waals surface area contributed by atoms with E-state index in [1.54, 1.807) is 25.3 Å². The zero-order valence-electron chi connectivity index (χ0n) is 15.9. The largest absolute Gasteiger partial charge is 0.487 e. The summed E-state index contributed by atoms with van der Waals surface area (Å²) in [6, 6.07) is 3.23. The highest BCUT2D eigenvalue weighted by atomic mass is 19.1. The Morgan fingerprint density at radius 2 is 2.07 bits per heavy atom. The molecular weight excluding hydrogens is 345 g/mol. The fourth-order valence-electron chi connectivity index (χ4n) is 4.15. The standard InChI is InChI=1S/C21H26FN3O2/c1-14-11-23-21(26)17-3-4-18(20(22)19(14)17)27-16-6-9-25(10-7-16)13-15-5-8-24(2)12-15/h3-5,8,11,15-16H,6-7,9-10,12-13H2,1-2H3,(H,23,26). The van der Waals surface area contributed by atoms with Crippen LogP contribution in [0.5, 0.6) is 5.75 Å². The van der Waals surface area contributed by atoms with Crippen LogP contribution in [0.4, 0.5) is 4.39 Å². The summed E-state index contributed by atoms with van der Waals surface area (Å²) in [7, 11) is 2.10. The van der Waals surface area contributed by atoms with Gasteiger partial charge >= 0.3 is 0 Å². The summed E-state index contributed by atoms with van der Waals surface area (Å²) in [4.78, 5) is 19.2. The van der Waals surface area contributed by atoms with Gasteiger partial charge in [-0.25, -0.2) is 4.39 Å². The quantitative estimate of drug-likeness (QED) is 0.898. The molecule has 1 aromatic carbocycles. The van der Waals surface area contributed by atoms with Crippen molar-refractivity contribution in [3.05, 3.63) is 52.3 Å². The maximum atomic E-state index is 14.9. The minimum atomic E-state index is -0.433. The van der Waals surface area contributed by atoms with Gasteiger partial charge in [-0.2, -0.15) is 0 Å². The molecule has 0 saturated carbocycles. The molecule has 0 radical (unpaired) electrons. The zero-order valence-corrected chi connectivity index (χ0v) is 15.9. The van der Waals surface area contributed by atoms with Gasteiger partial charge in [-0.05, 0) is 43.7 Å². The van der Waals surface area contributed by atoms with Crippen LogP contribution in [-0.4, -0.2) is 54.1 Å². The highest BCUT2D eigenvalue weighted by Crippen LogP contribution is 2.29. The van der Waals surface area contributed by atoms with Crippen molar-refractivity contribution in [3.8, 4) is 5.75 Å². The lowest BCUT2D eigenvalue weighted by molar-refractivity contribution is 0.0914. The maximum absolute atomic E-state index is 14.9. The number of benzene rings is 1. The normalized spacial score (nSPS) is 21.3. The molecule has 1 saturated heterocycles. The van der Waals surface area contributed by atoms with Crippen molar-refractivity contribution in [2.45, 2.75) is 25.9 Å². The number of halogens is 1. The van der Waals surface area contributed by atoms with E-state index < -0.39 is 5.82 Å². The number of aryl methyl sites for hydroxylation is 1. The molecule has 1 unspecified atom stereocenters. The Kier molecular flexibility index (Phi) is 4.91. The van der Waals surface area contributed by atoms with E-state index in [0.29, 0.717) is 22.3 Å². The molecule has 4 rings (SSSR count). The van der Waals surface area contributed by atoms with Crippen molar-refractivity contribution in [2.24, 2.45) is 5.92 Å². The predicted molar refractivity (Wildman–Crippen MR) is 105 cm³/mol. The van der Waals surface area contributed by atoms with Gasteiger partial charge in [0.05, 0.1) is 5.39 Å². The fourth-order valence-corrected chi connectivity index (χ4v) is 4.15. The molecule has 0 amide bonds. The molecule has 1 fully saturated rings. The second kappa shape index (κ2) is 7.35. The number of nitrogens with one attached hydrogen (secondary N) is 1. The number of ether oxygens (including phenoxy) is 1. The first kappa shape index (κ1) is 18.0. The monoisotopic (exact) mass is 371 g/mol. The number of likely N-dealkylation sites (tertiary alicyclic amines) is 1. The van der Waals surface area contributed by atoms with E-state index in [1.165, 1.54) is 0 Å². The molecule has 144 valence electrons. The molecule has 0 aliphatic carbocycles. The summed E-state index contributed by atoms with van der Waals surface area (Å²) in [5, 5.41) is 0.718. The minimum Gasteiger partial charge on any atom is -0.487 e. The zero-order chi connectivity index (χ0) is 19.0. The van der Waals surface area contributed by atoms with Gasteiger partial charge in [-0.15, -0.1) is 0 Å². The predicted octanol–water partition coefficient (Wildman–Crippen LogP) is 2.89. The Labute approximate surface area is 158 Å². The van der Waals surface area contributed by atoms with Crippen molar-refractivity contribution >= 4 is 10.8 Å². The van der Waals surface area contributed by atoms with Crippen LogP contribution >= 0.6 is 0 Å². The number of aromatic nitrogens is 1. The summed E-state index contributed by atoms with van der Waals surface area (Å²) in [5.41, 5.74) is 0.429. The molecule has 1 atom stereocenters. The van der Waals surface area contributed by atoms with E-state index in [9.17, 15) is 9.18 Å². The second-order valence-corrected chi connectivity index (χ2v) is 7.76. The van der Waals surface area contributed by atoms with E-state index in [0.717, 1.165) is 39.0 Å². The molecular formula is C21H26FN3O2. The Hall–Kier alpha value is -2.34. The van der Waals surface area contributed by atoms with Crippen LogP contribution in [0.2, 0.25) is 0 Å². The number of hydrogen-bond donors (Lipinski definition) is 1. The molecule has 27 heavy (non-hydrogen) atoms. The summed E-state index contributed by atoms with van der Waals surface area (Å²) in [6.07, 6.45) is 7.76. The van der Waals surface area contributed by atoms with Gasteiger partial charge in [0.15, 0.2) is 11.6 Å². The molecule has 6 heteroatoms. The first-order valence-electron chi connectivity index (χ1n) is 9.59. The van der Waals surface area contributed by atoms with Gasteiger partial charge in [0.1, 0.15) is 6.10 Å². The molecule has 1 N–H and O–H groups in total. The van der Waals surface area contributed by atoms with Crippen LogP contribution in [0, 0.1) is 18.7 Å². The third-order valence-electron chi connectivity index (χ3n) is 5.62. The van der Waals surface area contributed by atoms with Gasteiger partial charge in [0.25, 0.3) is 5.56 Å². The third kappa shape index (κ3) is 3.72. The number of piperidine rings is 1. The maximum Gasteiger partial charge on any atom is 0.255 e. The van der Waals surface area contributed by atoms with Gasteiger partial charge < -0.3 is 19.5 Å². The topological polar surface area (TPSA) is 48.6 Å². The Morgan fingerprint density at radius 1 is 1.30 bits per heavy atom. The highest BCUT2D eigenvalue weighted by Gasteiger charge is 2.25. The second-order valence-electron chi connectivity index (χ2n) is 7.76. The molecule has 1 aromatic heterocycles. The Bertz CT molecular complexity index is 916. The number of rotatable bonds is 4. The van der Waals surface area contributed by atoms with Crippen LogP contribution in [0.15, 0.2) is 35.4 Å². The summed E-state index contributed by atoms with van der Waals surface area (Å²) in [6.45, 7) is 5.87. The van der Waals surface area contributed by atoms with Gasteiger partial charge in [-0.1, -0.05) is 6.08 Å². The summed E-state index contributed by atoms with van der Waals surface area (Å²) in [5.74, 6) is 0.402. The van der Waals surface area contributed by atoms with E-state index in [4.69, 9.17) is 4.74 Å². The number of fused-ring (bicyclic) bond motifs is 1. The highest BCUT2D eigenvalue weighted by molar-refractivity contribution is 5.86. The van der Waals surface area contributed by atoms with Crippen molar-refractivity contribution in [2.75, 3.05) is 33.2 Å². The molecule has 2 aromatic rings. The molecule has 2 aliphatic rings. The molecule has 0 spiro atoms. The third-order valence-corrected chi connectivity index (χ3v) is 5.62. The number of H-pyrrole nitrogens is 1. The minimum absolute atomic E-state index is 0.0114. The van der Waals surface area contributed by atoms with Crippen molar-refractivity contribution in [1.82, 2.24) is 14.8 Å². The van der Waals surface area contributed by atoms with Crippen LogP contribution in [0.3, 0.4) is 0 Å². The molecule has 3 heterocycles. The smallest absolute Gasteiger partial charge is 0.255 e. The number of nitrogens with zero attached hydrogens (tertiary/aromatic N) is 2. The number of hydrogen-bond acceptors (Lipinski definition) is 4. The Morgan fingerprint density at radius 3 is 2.78 bits per heavy atom. The van der Waals surface area contributed by atoms with Crippen LogP contribution < -0.4 is 10.3 Å².